The SMILES string of the molecule is N#CC(NC(=O)C1CCN(S(=O)(=O)c2cccnc2)CC1)c1ccccc1F. The summed E-state index contributed by atoms with van der Waals surface area (Å²) in [5, 5.41) is 11.9. The first-order valence-electron chi connectivity index (χ1n) is 8.78. The van der Waals surface area contributed by atoms with Gasteiger partial charge < -0.3 is 5.32 Å². The Morgan fingerprint density at radius 1 is 1.25 bits per heavy atom. The number of nitrogens with zero attached hydrogens (tertiary/aromatic N) is 3. The predicted octanol–water partition coefficient (Wildman–Crippen LogP) is 2.00. The number of sulfonamides is 1. The van der Waals surface area contributed by atoms with Gasteiger partial charge in [0.05, 0.1) is 6.07 Å². The molecule has 0 saturated carbocycles. The van der Waals surface area contributed by atoms with Gasteiger partial charge in [0.15, 0.2) is 0 Å². The van der Waals surface area contributed by atoms with Gasteiger partial charge in [0.2, 0.25) is 15.9 Å². The van der Waals surface area contributed by atoms with Gasteiger partial charge in [-0.05, 0) is 31.0 Å². The van der Waals surface area contributed by atoms with Crippen LogP contribution in [0.15, 0.2) is 53.7 Å². The highest BCUT2D eigenvalue weighted by molar-refractivity contribution is 7.89. The second-order valence-electron chi connectivity index (χ2n) is 6.46. The summed E-state index contributed by atoms with van der Waals surface area (Å²) >= 11 is 0. The summed E-state index contributed by atoms with van der Waals surface area (Å²) in [4.78, 5) is 16.5. The van der Waals surface area contributed by atoms with Crippen LogP contribution in [0.2, 0.25) is 0 Å². The highest BCUT2D eigenvalue weighted by atomic mass is 32.2. The number of carbonyl (C=O) groups excluding carboxylic acids is 1. The summed E-state index contributed by atoms with van der Waals surface area (Å²) in [6, 6.07) is 9.62. The Morgan fingerprint density at radius 3 is 2.57 bits per heavy atom. The molecule has 1 amide bonds. The van der Waals surface area contributed by atoms with Crippen LogP contribution in [0.5, 0.6) is 0 Å². The van der Waals surface area contributed by atoms with Gasteiger partial charge in [0.1, 0.15) is 16.8 Å². The fourth-order valence-corrected chi connectivity index (χ4v) is 4.59. The molecule has 1 aliphatic heterocycles. The summed E-state index contributed by atoms with van der Waals surface area (Å²) in [6.07, 6.45) is 3.43. The van der Waals surface area contributed by atoms with Gasteiger partial charge in [0.25, 0.3) is 0 Å². The number of amides is 1. The van der Waals surface area contributed by atoms with Crippen LogP contribution in [-0.2, 0) is 14.8 Å². The van der Waals surface area contributed by atoms with Crippen molar-refractivity contribution in [1.82, 2.24) is 14.6 Å². The fourth-order valence-electron chi connectivity index (χ4n) is 3.16. The average Bonchev–Trinajstić information content (AvgIpc) is 2.73. The van der Waals surface area contributed by atoms with Gasteiger partial charge in [-0.3, -0.25) is 9.78 Å². The number of carbonyl (C=O) groups is 1. The maximum atomic E-state index is 13.9. The van der Waals surface area contributed by atoms with E-state index in [9.17, 15) is 22.9 Å². The molecular weight excluding hydrogens is 383 g/mol. The molecule has 2 aromatic rings. The highest BCUT2D eigenvalue weighted by Gasteiger charge is 2.33. The molecule has 1 atom stereocenters. The molecule has 1 aromatic heterocycles. The van der Waals surface area contributed by atoms with Crippen molar-refractivity contribution in [3.8, 4) is 6.07 Å². The number of piperidine rings is 1. The van der Waals surface area contributed by atoms with Crippen LogP contribution in [0, 0.1) is 23.1 Å². The minimum absolute atomic E-state index is 0.106. The molecule has 9 heteroatoms. The maximum absolute atomic E-state index is 13.9. The lowest BCUT2D eigenvalue weighted by atomic mass is 9.96. The van der Waals surface area contributed by atoms with Crippen molar-refractivity contribution in [3.63, 3.8) is 0 Å². The van der Waals surface area contributed by atoms with E-state index >= 15 is 0 Å². The minimum Gasteiger partial charge on any atom is -0.336 e. The Morgan fingerprint density at radius 2 is 1.96 bits per heavy atom. The first-order valence-corrected chi connectivity index (χ1v) is 10.2. The van der Waals surface area contributed by atoms with Crippen molar-refractivity contribution in [2.24, 2.45) is 5.92 Å². The Balaban J connectivity index is 1.63. The monoisotopic (exact) mass is 402 g/mol. The first kappa shape index (κ1) is 19.9. The van der Waals surface area contributed by atoms with E-state index < -0.39 is 27.8 Å². The molecule has 28 heavy (non-hydrogen) atoms. The largest absolute Gasteiger partial charge is 0.336 e. The Bertz CT molecular complexity index is 984. The summed E-state index contributed by atoms with van der Waals surface area (Å²) in [5.74, 6) is -1.39. The highest BCUT2D eigenvalue weighted by Crippen LogP contribution is 2.25. The molecule has 7 nitrogen and oxygen atoms in total. The molecule has 0 bridgehead atoms. The lowest BCUT2D eigenvalue weighted by Gasteiger charge is -2.30. The third kappa shape index (κ3) is 4.18. The minimum atomic E-state index is -3.65. The Kier molecular flexibility index (Phi) is 6.02. The summed E-state index contributed by atoms with van der Waals surface area (Å²) in [7, 11) is -3.65. The molecule has 1 aliphatic rings. The molecule has 0 spiro atoms. The second-order valence-corrected chi connectivity index (χ2v) is 8.40. The standard InChI is InChI=1S/C19H19FN4O3S/c20-17-6-2-1-5-16(17)18(12-21)23-19(25)14-7-10-24(11-8-14)28(26,27)15-4-3-9-22-13-15/h1-6,9,13-14,18H,7-8,10-11H2,(H,23,25). The van der Waals surface area contributed by atoms with E-state index in [0.717, 1.165) is 0 Å². The number of pyridine rings is 1. The van der Waals surface area contributed by atoms with Gasteiger partial charge in [-0.2, -0.15) is 9.57 Å². The van der Waals surface area contributed by atoms with Crippen molar-refractivity contribution in [1.29, 1.82) is 5.26 Å². The number of hydrogen-bond acceptors (Lipinski definition) is 5. The van der Waals surface area contributed by atoms with E-state index in [-0.39, 0.29) is 29.5 Å². The molecule has 0 aliphatic carbocycles. The number of benzene rings is 1. The van der Waals surface area contributed by atoms with Crippen LogP contribution in [0.3, 0.4) is 0 Å². The second kappa shape index (κ2) is 8.46. The lowest BCUT2D eigenvalue weighted by Crippen LogP contribution is -2.43. The van der Waals surface area contributed by atoms with E-state index in [2.05, 4.69) is 10.3 Å². The van der Waals surface area contributed by atoms with Gasteiger partial charge in [-0.25, -0.2) is 12.8 Å². The molecule has 1 saturated heterocycles. The van der Waals surface area contributed by atoms with Crippen molar-refractivity contribution in [2.45, 2.75) is 23.8 Å². The number of nitrogens with one attached hydrogen (secondary N) is 1. The van der Waals surface area contributed by atoms with Crippen LogP contribution in [-0.4, -0.2) is 36.7 Å². The lowest BCUT2D eigenvalue weighted by molar-refractivity contribution is -0.126. The molecule has 2 heterocycles. The van der Waals surface area contributed by atoms with Crippen molar-refractivity contribution < 1.29 is 17.6 Å². The van der Waals surface area contributed by atoms with Crippen LogP contribution >= 0.6 is 0 Å². The zero-order valence-electron chi connectivity index (χ0n) is 15.0. The fraction of sp³-hybridized carbons (Fsp3) is 0.316. The summed E-state index contributed by atoms with van der Waals surface area (Å²) < 4.78 is 40.4. The van der Waals surface area contributed by atoms with E-state index in [0.29, 0.717) is 12.8 Å². The van der Waals surface area contributed by atoms with Crippen LogP contribution < -0.4 is 5.32 Å². The molecule has 3 rings (SSSR count). The summed E-state index contributed by atoms with van der Waals surface area (Å²) in [6.45, 7) is 0.373. The van der Waals surface area contributed by atoms with Crippen molar-refractivity contribution in [3.05, 3.63) is 60.2 Å². The van der Waals surface area contributed by atoms with Gasteiger partial charge in [0, 0.05) is 37.0 Å². The molecule has 1 unspecified atom stereocenters. The summed E-state index contributed by atoms with van der Waals surface area (Å²) in [5.41, 5.74) is 0.106. The van der Waals surface area contributed by atoms with E-state index in [1.807, 2.05) is 6.07 Å². The number of hydrogen-bond donors (Lipinski definition) is 1. The van der Waals surface area contributed by atoms with Gasteiger partial charge in [-0.1, -0.05) is 18.2 Å². The zero-order chi connectivity index (χ0) is 20.1. The quantitative estimate of drug-likeness (QED) is 0.824. The molecule has 1 N–H and O–H groups in total. The number of rotatable bonds is 5. The van der Waals surface area contributed by atoms with Crippen LogP contribution in [0.4, 0.5) is 4.39 Å². The Hall–Kier alpha value is -2.83. The number of nitriles is 1. The van der Waals surface area contributed by atoms with E-state index in [1.165, 1.54) is 41.0 Å². The zero-order valence-corrected chi connectivity index (χ0v) is 15.8. The van der Waals surface area contributed by atoms with Crippen molar-refractivity contribution in [2.75, 3.05) is 13.1 Å². The van der Waals surface area contributed by atoms with Crippen molar-refractivity contribution >= 4 is 15.9 Å². The predicted molar refractivity (Wildman–Crippen MR) is 98.6 cm³/mol. The van der Waals surface area contributed by atoms with E-state index in [4.69, 9.17) is 0 Å². The first-order chi connectivity index (χ1) is 13.4. The normalized spacial score (nSPS) is 16.9. The molecular formula is C19H19FN4O3S. The molecule has 146 valence electrons. The van der Waals surface area contributed by atoms with E-state index in [1.54, 1.807) is 12.1 Å². The third-order valence-electron chi connectivity index (χ3n) is 4.73. The molecule has 1 aromatic carbocycles. The number of halogens is 1. The van der Waals surface area contributed by atoms with Crippen LogP contribution in [0.25, 0.3) is 0 Å². The third-order valence-corrected chi connectivity index (χ3v) is 6.61. The maximum Gasteiger partial charge on any atom is 0.244 e. The average molecular weight is 402 g/mol. The molecule has 1 fully saturated rings. The number of aromatic nitrogens is 1. The Labute approximate surface area is 162 Å². The smallest absolute Gasteiger partial charge is 0.244 e. The van der Waals surface area contributed by atoms with Gasteiger partial charge in [-0.15, -0.1) is 0 Å². The van der Waals surface area contributed by atoms with Gasteiger partial charge >= 0.3 is 0 Å². The topological polar surface area (TPSA) is 103 Å². The molecule has 0 radical (unpaired) electrons. The van der Waals surface area contributed by atoms with Crippen LogP contribution in [0.1, 0.15) is 24.4 Å².